The van der Waals surface area contributed by atoms with Gasteiger partial charge in [-0.2, -0.15) is 0 Å². The van der Waals surface area contributed by atoms with Gasteiger partial charge in [-0.1, -0.05) is 56.9 Å². The van der Waals surface area contributed by atoms with Gasteiger partial charge < -0.3 is 4.74 Å². The highest BCUT2D eigenvalue weighted by atomic mass is 19.1. The van der Waals surface area contributed by atoms with Crippen molar-refractivity contribution >= 4 is 0 Å². The minimum Gasteiger partial charge on any atom is -0.384 e. The third-order valence-electron chi connectivity index (χ3n) is 8.53. The number of benzene rings is 2. The van der Waals surface area contributed by atoms with Crippen molar-refractivity contribution in [1.29, 1.82) is 0 Å². The highest BCUT2D eigenvalue weighted by Crippen LogP contribution is 2.38. The van der Waals surface area contributed by atoms with Crippen LogP contribution in [-0.4, -0.2) is 13.7 Å². The Morgan fingerprint density at radius 1 is 0.765 bits per heavy atom. The van der Waals surface area contributed by atoms with Gasteiger partial charge in [-0.25, -0.2) is 8.78 Å². The fraction of sp³-hybridized carbons (Fsp3) is 0.613. The fourth-order valence-corrected chi connectivity index (χ4v) is 6.45. The first-order valence-corrected chi connectivity index (χ1v) is 13.6. The summed E-state index contributed by atoms with van der Waals surface area (Å²) in [5, 5.41) is 0. The van der Waals surface area contributed by atoms with E-state index in [0.29, 0.717) is 23.3 Å². The van der Waals surface area contributed by atoms with Crippen LogP contribution in [0.5, 0.6) is 0 Å². The maximum atomic E-state index is 15.0. The Morgan fingerprint density at radius 3 is 1.91 bits per heavy atom. The maximum absolute atomic E-state index is 15.0. The smallest absolute Gasteiger partial charge is 0.134 e. The van der Waals surface area contributed by atoms with E-state index in [1.54, 1.807) is 19.2 Å². The molecule has 4 rings (SSSR count). The molecule has 3 heteroatoms. The second-order valence-corrected chi connectivity index (χ2v) is 10.9. The number of rotatable bonds is 9. The highest BCUT2D eigenvalue weighted by Gasteiger charge is 2.23. The molecule has 0 spiro atoms. The van der Waals surface area contributed by atoms with Crippen molar-refractivity contribution in [2.45, 2.75) is 89.9 Å². The lowest BCUT2D eigenvalue weighted by molar-refractivity contribution is 0.117. The van der Waals surface area contributed by atoms with Gasteiger partial charge in [-0.15, -0.1) is 0 Å². The largest absolute Gasteiger partial charge is 0.384 e. The molecule has 0 saturated heterocycles. The Kier molecular flexibility index (Phi) is 9.17. The van der Waals surface area contributed by atoms with E-state index < -0.39 is 11.6 Å². The van der Waals surface area contributed by atoms with Crippen LogP contribution in [0.4, 0.5) is 8.78 Å². The Balaban J connectivity index is 1.35. The normalized spacial score (nSPS) is 25.4. The second-order valence-electron chi connectivity index (χ2n) is 10.9. The molecule has 0 radical (unpaired) electrons. The number of hydrogen-bond donors (Lipinski definition) is 0. The van der Waals surface area contributed by atoms with Crippen molar-refractivity contribution in [3.05, 3.63) is 59.2 Å². The summed E-state index contributed by atoms with van der Waals surface area (Å²) < 4.78 is 35.3. The van der Waals surface area contributed by atoms with E-state index in [-0.39, 0.29) is 5.56 Å². The molecule has 1 nitrogen and oxygen atoms in total. The molecule has 0 aliphatic heterocycles. The molecule has 34 heavy (non-hydrogen) atoms. The van der Waals surface area contributed by atoms with E-state index in [1.165, 1.54) is 69.8 Å². The summed E-state index contributed by atoms with van der Waals surface area (Å²) in [6, 6.07) is 11.1. The quantitative estimate of drug-likeness (QED) is 0.356. The predicted molar refractivity (Wildman–Crippen MR) is 137 cm³/mol. The van der Waals surface area contributed by atoms with Crippen LogP contribution in [0.25, 0.3) is 11.1 Å². The molecular weight excluding hydrogens is 426 g/mol. The molecule has 0 amide bonds. The first kappa shape index (κ1) is 25.4. The standard InChI is InChI=1S/C31H42F2O/c1-3-4-22-11-13-26(14-12-22)27-15-17-28(18-16-27)31-29(32)19-25(20-30(31)33)10-7-23-5-8-24(9-6-23)21-34-2/h15-20,22-24,26H,3-14,21H2,1-2H3. The molecule has 2 aliphatic rings. The van der Waals surface area contributed by atoms with E-state index >= 15 is 8.78 Å². The van der Waals surface area contributed by atoms with Crippen molar-refractivity contribution in [3.8, 4) is 11.1 Å². The highest BCUT2D eigenvalue weighted by molar-refractivity contribution is 5.65. The topological polar surface area (TPSA) is 9.23 Å². The van der Waals surface area contributed by atoms with Gasteiger partial charge in [0, 0.05) is 13.7 Å². The molecule has 0 atom stereocenters. The molecule has 2 fully saturated rings. The minimum absolute atomic E-state index is 0.113. The van der Waals surface area contributed by atoms with Gasteiger partial charge >= 0.3 is 0 Å². The third-order valence-corrected chi connectivity index (χ3v) is 8.53. The SMILES string of the molecule is CCCC1CCC(c2ccc(-c3c(F)cc(CCC4CCC(COC)CC4)cc3F)cc2)CC1. The maximum Gasteiger partial charge on any atom is 0.134 e. The number of methoxy groups -OCH3 is 1. The number of hydrogen-bond acceptors (Lipinski definition) is 1. The lowest BCUT2D eigenvalue weighted by Crippen LogP contribution is -2.18. The zero-order valence-corrected chi connectivity index (χ0v) is 21.1. The molecule has 0 aromatic heterocycles. The van der Waals surface area contributed by atoms with Gasteiger partial charge in [0.25, 0.3) is 0 Å². The molecule has 2 aromatic rings. The van der Waals surface area contributed by atoms with E-state index in [0.717, 1.165) is 30.9 Å². The lowest BCUT2D eigenvalue weighted by atomic mass is 9.77. The van der Waals surface area contributed by atoms with Crippen LogP contribution < -0.4 is 0 Å². The molecule has 0 N–H and O–H groups in total. The summed E-state index contributed by atoms with van der Waals surface area (Å²) in [5.74, 6) is 1.93. The molecule has 0 heterocycles. The summed E-state index contributed by atoms with van der Waals surface area (Å²) in [5.41, 5.74) is 2.85. The predicted octanol–water partition coefficient (Wildman–Crippen LogP) is 9.09. The minimum atomic E-state index is -0.438. The van der Waals surface area contributed by atoms with Crippen molar-refractivity contribution in [3.63, 3.8) is 0 Å². The number of halogens is 2. The molecule has 2 saturated carbocycles. The molecule has 186 valence electrons. The Hall–Kier alpha value is -1.74. The molecule has 2 aromatic carbocycles. The summed E-state index contributed by atoms with van der Waals surface area (Å²) in [6.45, 7) is 3.12. The lowest BCUT2D eigenvalue weighted by Gasteiger charge is -2.28. The summed E-state index contributed by atoms with van der Waals surface area (Å²) in [7, 11) is 1.77. The van der Waals surface area contributed by atoms with Crippen LogP contribution in [0.3, 0.4) is 0 Å². The van der Waals surface area contributed by atoms with Crippen LogP contribution in [0.2, 0.25) is 0 Å². The first-order chi connectivity index (χ1) is 16.6. The zero-order chi connectivity index (χ0) is 23.9. The average Bonchev–Trinajstić information content (AvgIpc) is 2.85. The molecule has 0 unspecified atom stereocenters. The Morgan fingerprint density at radius 2 is 1.32 bits per heavy atom. The Bertz CT molecular complexity index is 867. The summed E-state index contributed by atoms with van der Waals surface area (Å²) in [4.78, 5) is 0. The van der Waals surface area contributed by atoms with Gasteiger partial charge in [-0.05, 0) is 104 Å². The van der Waals surface area contributed by atoms with Crippen molar-refractivity contribution < 1.29 is 13.5 Å². The molecule has 0 bridgehead atoms. The van der Waals surface area contributed by atoms with E-state index in [4.69, 9.17) is 4.74 Å². The fourth-order valence-electron chi connectivity index (χ4n) is 6.45. The van der Waals surface area contributed by atoms with Crippen LogP contribution >= 0.6 is 0 Å². The first-order valence-electron chi connectivity index (χ1n) is 13.6. The van der Waals surface area contributed by atoms with Gasteiger partial charge in [0.2, 0.25) is 0 Å². The van der Waals surface area contributed by atoms with Gasteiger partial charge in [-0.3, -0.25) is 0 Å². The molecular formula is C31H42F2O. The molecule has 2 aliphatic carbocycles. The van der Waals surface area contributed by atoms with Crippen LogP contribution in [0.1, 0.15) is 94.6 Å². The van der Waals surface area contributed by atoms with Gasteiger partial charge in [0.05, 0.1) is 5.56 Å². The van der Waals surface area contributed by atoms with E-state index in [1.807, 2.05) is 12.1 Å². The van der Waals surface area contributed by atoms with Crippen molar-refractivity contribution in [1.82, 2.24) is 0 Å². The van der Waals surface area contributed by atoms with Crippen molar-refractivity contribution in [2.24, 2.45) is 17.8 Å². The van der Waals surface area contributed by atoms with E-state index in [2.05, 4.69) is 19.1 Å². The van der Waals surface area contributed by atoms with Crippen LogP contribution in [0.15, 0.2) is 36.4 Å². The summed E-state index contributed by atoms with van der Waals surface area (Å²) >= 11 is 0. The third kappa shape index (κ3) is 6.47. The summed E-state index contributed by atoms with van der Waals surface area (Å²) in [6.07, 6.45) is 14.2. The van der Waals surface area contributed by atoms with Crippen LogP contribution in [0, 0.1) is 29.4 Å². The zero-order valence-electron chi connectivity index (χ0n) is 21.1. The number of ether oxygens (including phenoxy) is 1. The van der Waals surface area contributed by atoms with Gasteiger partial charge in [0.15, 0.2) is 0 Å². The van der Waals surface area contributed by atoms with E-state index in [9.17, 15) is 0 Å². The van der Waals surface area contributed by atoms with Gasteiger partial charge in [0.1, 0.15) is 11.6 Å². The Labute approximate surface area is 205 Å². The monoisotopic (exact) mass is 468 g/mol. The van der Waals surface area contributed by atoms with Crippen molar-refractivity contribution in [2.75, 3.05) is 13.7 Å². The number of aryl methyl sites for hydroxylation is 1. The second kappa shape index (κ2) is 12.3. The van der Waals surface area contributed by atoms with Crippen LogP contribution in [-0.2, 0) is 11.2 Å². The average molecular weight is 469 g/mol.